The van der Waals surface area contributed by atoms with Crippen molar-refractivity contribution in [2.75, 3.05) is 0 Å². The second-order valence-corrected chi connectivity index (χ2v) is 7.56. The minimum atomic E-state index is -3.21. The molecule has 0 unspecified atom stereocenters. The van der Waals surface area contributed by atoms with Crippen LogP contribution in [0.5, 0.6) is 5.75 Å². The Hall–Kier alpha value is -3.67. The van der Waals surface area contributed by atoms with Gasteiger partial charge in [0.15, 0.2) is 11.6 Å². The number of fused-ring (bicyclic) bond motifs is 1. The highest BCUT2D eigenvalue weighted by Crippen LogP contribution is 2.34. The van der Waals surface area contributed by atoms with Crippen molar-refractivity contribution in [1.29, 1.82) is 0 Å². The molecule has 4 rings (SSSR count). The van der Waals surface area contributed by atoms with Crippen LogP contribution < -0.4 is 4.74 Å². The van der Waals surface area contributed by atoms with E-state index in [0.717, 1.165) is 41.8 Å². The summed E-state index contributed by atoms with van der Waals surface area (Å²) in [7, 11) is 0. The Morgan fingerprint density at radius 3 is 2.03 bits per heavy atom. The van der Waals surface area contributed by atoms with Crippen molar-refractivity contribution in [2.24, 2.45) is 0 Å². The molecule has 0 spiro atoms. The van der Waals surface area contributed by atoms with Gasteiger partial charge in [0.2, 0.25) is 0 Å². The third kappa shape index (κ3) is 4.90. The minimum absolute atomic E-state index is 0.124. The van der Waals surface area contributed by atoms with Crippen LogP contribution in [-0.2, 0) is 6.42 Å². The number of rotatable bonds is 7. The molecule has 33 heavy (non-hydrogen) atoms. The molecule has 0 aromatic heterocycles. The zero-order valence-electron chi connectivity index (χ0n) is 17.4. The van der Waals surface area contributed by atoms with Crippen molar-refractivity contribution >= 4 is 10.8 Å². The summed E-state index contributed by atoms with van der Waals surface area (Å²) in [5, 5.41) is 1.94. The summed E-state index contributed by atoms with van der Waals surface area (Å²) >= 11 is 0. The summed E-state index contributed by atoms with van der Waals surface area (Å²) in [6.07, 6.45) is 3.62. The number of hydrogen-bond donors (Lipinski definition) is 0. The molecule has 168 valence electrons. The lowest BCUT2D eigenvalue weighted by atomic mass is 9.96. The van der Waals surface area contributed by atoms with Crippen molar-refractivity contribution in [2.45, 2.75) is 19.5 Å². The van der Waals surface area contributed by atoms with E-state index in [4.69, 9.17) is 0 Å². The maximum Gasteiger partial charge on any atom is 0.387 e. The third-order valence-corrected chi connectivity index (χ3v) is 5.35. The lowest BCUT2D eigenvalue weighted by molar-refractivity contribution is -0.0521. The fourth-order valence-electron chi connectivity index (χ4n) is 3.76. The van der Waals surface area contributed by atoms with Crippen molar-refractivity contribution < 1.29 is 26.7 Å². The van der Waals surface area contributed by atoms with Crippen LogP contribution in [0.3, 0.4) is 0 Å². The maximum absolute atomic E-state index is 14.9. The second-order valence-electron chi connectivity index (χ2n) is 7.56. The molecular formula is C27H19F5O. The number of halogens is 5. The smallest absolute Gasteiger partial charge is 0.387 e. The van der Waals surface area contributed by atoms with Gasteiger partial charge in [-0.05, 0) is 76.2 Å². The Bertz CT molecular complexity index is 1310. The molecule has 0 saturated heterocycles. The molecule has 1 nitrogen and oxygen atoms in total. The summed E-state index contributed by atoms with van der Waals surface area (Å²) in [5.74, 6) is -3.63. The highest BCUT2D eigenvalue weighted by Gasteiger charge is 2.17. The highest BCUT2D eigenvalue weighted by molar-refractivity contribution is 5.88. The standard InChI is InChI=1S/C27H19F5O/c1-2-3-4-16-5-6-18-12-19(8-7-17(18)11-16)21-14-23(29)26(24(30)15-21)20-9-10-25(22(28)13-20)33-27(31)32/h2,5-15,27H,1,3-4H2. The van der Waals surface area contributed by atoms with Crippen molar-refractivity contribution in [3.63, 3.8) is 0 Å². The van der Waals surface area contributed by atoms with Crippen LogP contribution in [-0.4, -0.2) is 6.61 Å². The molecular weight excluding hydrogens is 435 g/mol. The molecule has 0 bridgehead atoms. The highest BCUT2D eigenvalue weighted by atomic mass is 19.3. The first-order chi connectivity index (χ1) is 15.9. The summed E-state index contributed by atoms with van der Waals surface area (Å²) in [6, 6.07) is 16.7. The predicted molar refractivity (Wildman–Crippen MR) is 120 cm³/mol. The zero-order chi connectivity index (χ0) is 23.5. The van der Waals surface area contributed by atoms with E-state index < -0.39 is 35.4 Å². The molecule has 0 atom stereocenters. The van der Waals surface area contributed by atoms with Gasteiger partial charge < -0.3 is 4.74 Å². The number of aryl methyl sites for hydroxylation is 1. The van der Waals surface area contributed by atoms with Crippen molar-refractivity contribution in [1.82, 2.24) is 0 Å². The molecule has 0 aliphatic heterocycles. The number of allylic oxidation sites excluding steroid dienone is 1. The summed E-state index contributed by atoms with van der Waals surface area (Å²) in [6.45, 7) is 0.519. The Labute approximate surface area is 187 Å². The Balaban J connectivity index is 1.67. The first kappa shape index (κ1) is 22.5. The Morgan fingerprint density at radius 2 is 1.36 bits per heavy atom. The summed E-state index contributed by atoms with van der Waals surface area (Å²) in [4.78, 5) is 0. The van der Waals surface area contributed by atoms with Crippen molar-refractivity contribution in [3.8, 4) is 28.0 Å². The summed E-state index contributed by atoms with van der Waals surface area (Å²) in [5.41, 5.74) is 1.55. The number of alkyl halides is 2. The topological polar surface area (TPSA) is 9.23 Å². The SMILES string of the molecule is C=CCCc1ccc2cc(-c3cc(F)c(-c4ccc(OC(F)F)c(F)c4)c(F)c3)ccc2c1. The summed E-state index contributed by atoms with van der Waals surface area (Å²) < 4.78 is 72.5. The normalized spacial score (nSPS) is 11.2. The van der Waals surface area contributed by atoms with E-state index >= 15 is 0 Å². The van der Waals surface area contributed by atoms with Gasteiger partial charge in [-0.15, -0.1) is 6.58 Å². The zero-order valence-corrected chi connectivity index (χ0v) is 17.4. The fourth-order valence-corrected chi connectivity index (χ4v) is 3.76. The Kier molecular flexibility index (Phi) is 6.45. The van der Waals surface area contributed by atoms with Gasteiger partial charge in [0.1, 0.15) is 11.6 Å². The molecule has 0 saturated carbocycles. The average molecular weight is 454 g/mol. The van der Waals surface area contributed by atoms with E-state index in [1.54, 1.807) is 6.07 Å². The molecule has 4 aromatic rings. The maximum atomic E-state index is 14.9. The molecule has 0 aliphatic rings. The lowest BCUT2D eigenvalue weighted by Crippen LogP contribution is -2.03. The van der Waals surface area contributed by atoms with Crippen LogP contribution in [0.25, 0.3) is 33.0 Å². The van der Waals surface area contributed by atoms with E-state index in [-0.39, 0.29) is 5.56 Å². The van der Waals surface area contributed by atoms with Crippen LogP contribution in [0.2, 0.25) is 0 Å². The number of hydrogen-bond acceptors (Lipinski definition) is 1. The van der Waals surface area contributed by atoms with Gasteiger partial charge >= 0.3 is 6.61 Å². The molecule has 0 heterocycles. The third-order valence-electron chi connectivity index (χ3n) is 5.35. The number of ether oxygens (including phenoxy) is 1. The quantitative estimate of drug-likeness (QED) is 0.202. The van der Waals surface area contributed by atoms with Gasteiger partial charge in [-0.25, -0.2) is 13.2 Å². The van der Waals surface area contributed by atoms with Gasteiger partial charge in [-0.3, -0.25) is 0 Å². The molecule has 0 fully saturated rings. The van der Waals surface area contributed by atoms with Gasteiger partial charge in [0.05, 0.1) is 5.56 Å². The first-order valence-corrected chi connectivity index (χ1v) is 10.2. The molecule has 4 aromatic carbocycles. The van der Waals surface area contributed by atoms with Gasteiger partial charge in [0, 0.05) is 0 Å². The molecule has 0 radical (unpaired) electrons. The van der Waals surface area contributed by atoms with Crippen LogP contribution in [0.15, 0.2) is 79.4 Å². The fraction of sp³-hybridized carbons (Fsp3) is 0.111. The second kappa shape index (κ2) is 9.45. The largest absolute Gasteiger partial charge is 0.432 e. The van der Waals surface area contributed by atoms with Crippen LogP contribution in [0.1, 0.15) is 12.0 Å². The first-order valence-electron chi connectivity index (χ1n) is 10.2. The molecule has 0 N–H and O–H groups in total. The number of benzene rings is 4. The van der Waals surface area contributed by atoms with E-state index in [0.29, 0.717) is 11.1 Å². The minimum Gasteiger partial charge on any atom is -0.432 e. The van der Waals surface area contributed by atoms with E-state index in [9.17, 15) is 22.0 Å². The molecule has 0 amide bonds. The van der Waals surface area contributed by atoms with Gasteiger partial charge in [0.25, 0.3) is 0 Å². The molecule has 6 heteroatoms. The van der Waals surface area contributed by atoms with Gasteiger partial charge in [-0.2, -0.15) is 8.78 Å². The lowest BCUT2D eigenvalue weighted by Gasteiger charge is -2.12. The van der Waals surface area contributed by atoms with Gasteiger partial charge in [-0.1, -0.05) is 42.5 Å². The predicted octanol–water partition coefficient (Wildman–Crippen LogP) is 8.31. The van der Waals surface area contributed by atoms with E-state index in [1.165, 1.54) is 17.7 Å². The van der Waals surface area contributed by atoms with Crippen LogP contribution in [0.4, 0.5) is 22.0 Å². The average Bonchev–Trinajstić information content (AvgIpc) is 2.78. The van der Waals surface area contributed by atoms with E-state index in [1.807, 2.05) is 30.3 Å². The van der Waals surface area contributed by atoms with Crippen molar-refractivity contribution in [3.05, 3.63) is 102 Å². The van der Waals surface area contributed by atoms with Crippen LogP contribution >= 0.6 is 0 Å². The Morgan fingerprint density at radius 1 is 0.727 bits per heavy atom. The monoisotopic (exact) mass is 454 g/mol. The van der Waals surface area contributed by atoms with E-state index in [2.05, 4.69) is 17.4 Å². The molecule has 0 aliphatic carbocycles. The van der Waals surface area contributed by atoms with Crippen LogP contribution in [0, 0.1) is 17.5 Å².